The number of aromatic carboxylic acids is 1. The molecule has 0 saturated heterocycles. The first-order chi connectivity index (χ1) is 16.2. The predicted octanol–water partition coefficient (Wildman–Crippen LogP) is 7.73. The molecule has 34 heavy (non-hydrogen) atoms. The minimum Gasteiger partial charge on any atom is -0.493 e. The lowest BCUT2D eigenvalue weighted by atomic mass is 9.80. The highest BCUT2D eigenvalue weighted by Crippen LogP contribution is 2.32. The number of carbonyl (C=O) groups is 2. The van der Waals surface area contributed by atoms with Crippen LogP contribution in [-0.2, 0) is 6.42 Å². The Hall–Kier alpha value is -3.11. The largest absolute Gasteiger partial charge is 0.493 e. The summed E-state index contributed by atoms with van der Waals surface area (Å²) in [5, 5.41) is 9.59. The van der Waals surface area contributed by atoms with Crippen LogP contribution in [0.4, 0.5) is 0 Å². The molecule has 0 radical (unpaired) electrons. The summed E-state index contributed by atoms with van der Waals surface area (Å²) < 4.78 is 5.85. The molecule has 5 heteroatoms. The number of rotatable bonds is 11. The summed E-state index contributed by atoms with van der Waals surface area (Å²) in [4.78, 5) is 24.2. The molecule has 0 aliphatic heterocycles. The molecule has 3 aromatic carbocycles. The van der Waals surface area contributed by atoms with E-state index in [0.29, 0.717) is 29.4 Å². The molecule has 0 spiro atoms. The van der Waals surface area contributed by atoms with Crippen molar-refractivity contribution in [3.8, 4) is 16.9 Å². The third kappa shape index (κ3) is 6.94. The van der Waals surface area contributed by atoms with Crippen LogP contribution in [0.25, 0.3) is 11.1 Å². The number of hydrogen-bond acceptors (Lipinski definition) is 3. The Labute approximate surface area is 206 Å². The van der Waals surface area contributed by atoms with Gasteiger partial charge in [0, 0.05) is 11.4 Å². The van der Waals surface area contributed by atoms with E-state index < -0.39 is 5.97 Å². The maximum atomic E-state index is 13.2. The van der Waals surface area contributed by atoms with Crippen molar-refractivity contribution in [2.24, 2.45) is 5.41 Å². The number of carbonyl (C=O) groups excluding carboxylic acids is 1. The van der Waals surface area contributed by atoms with Crippen molar-refractivity contribution in [3.63, 3.8) is 0 Å². The van der Waals surface area contributed by atoms with E-state index in [1.165, 1.54) is 0 Å². The molecule has 3 aromatic rings. The number of Topliss-reactive ketones (excluding diaryl/α,β-unsaturated/α-hetero) is 1. The van der Waals surface area contributed by atoms with E-state index in [-0.39, 0.29) is 16.8 Å². The van der Waals surface area contributed by atoms with Crippen molar-refractivity contribution in [3.05, 3.63) is 88.4 Å². The summed E-state index contributed by atoms with van der Waals surface area (Å²) >= 11 is 6.18. The Bertz CT molecular complexity index is 1130. The van der Waals surface area contributed by atoms with Crippen molar-refractivity contribution >= 4 is 23.4 Å². The van der Waals surface area contributed by atoms with E-state index in [4.69, 9.17) is 21.4 Å². The molecule has 0 bridgehead atoms. The SMILES string of the molecule is CCCCOc1ccc(Cl)cc1C(=O)CC(C)(C)Cc1ccc(-c2ccc(C(=O)O)cc2)cc1. The Morgan fingerprint density at radius 1 is 0.941 bits per heavy atom. The van der Waals surface area contributed by atoms with Crippen molar-refractivity contribution in [2.75, 3.05) is 6.61 Å². The van der Waals surface area contributed by atoms with Crippen LogP contribution in [0, 0.1) is 5.41 Å². The highest BCUT2D eigenvalue weighted by Gasteiger charge is 2.25. The summed E-state index contributed by atoms with van der Waals surface area (Å²) in [6, 6.07) is 20.2. The van der Waals surface area contributed by atoms with Gasteiger partial charge in [-0.1, -0.05) is 75.2 Å². The van der Waals surface area contributed by atoms with E-state index in [2.05, 4.69) is 32.9 Å². The van der Waals surface area contributed by atoms with Crippen LogP contribution in [0.5, 0.6) is 5.75 Å². The molecular weight excluding hydrogens is 448 g/mol. The molecule has 3 rings (SSSR count). The lowest BCUT2D eigenvalue weighted by molar-refractivity contribution is 0.0696. The molecule has 0 fully saturated rings. The van der Waals surface area contributed by atoms with Gasteiger partial charge in [-0.05, 0) is 65.3 Å². The molecule has 0 unspecified atom stereocenters. The van der Waals surface area contributed by atoms with Crippen molar-refractivity contribution in [2.45, 2.75) is 46.5 Å². The third-order valence-electron chi connectivity index (χ3n) is 5.74. The van der Waals surface area contributed by atoms with E-state index in [1.54, 1.807) is 30.3 Å². The Morgan fingerprint density at radius 3 is 2.15 bits per heavy atom. The minimum atomic E-state index is -0.934. The Morgan fingerprint density at radius 2 is 1.56 bits per heavy atom. The number of ketones is 1. The van der Waals surface area contributed by atoms with Crippen LogP contribution >= 0.6 is 11.6 Å². The zero-order valence-electron chi connectivity index (χ0n) is 19.9. The fraction of sp³-hybridized carbons (Fsp3) is 0.310. The van der Waals surface area contributed by atoms with Gasteiger partial charge in [0.1, 0.15) is 5.75 Å². The molecule has 0 aliphatic rings. The topological polar surface area (TPSA) is 63.6 Å². The second kappa shape index (κ2) is 11.3. The van der Waals surface area contributed by atoms with Crippen molar-refractivity contribution < 1.29 is 19.4 Å². The number of carboxylic acid groups (broad SMARTS) is 1. The standard InChI is InChI=1S/C29H31ClO4/c1-4-5-16-34-27-15-14-24(30)17-25(27)26(31)19-29(2,3)18-20-6-8-21(9-7-20)22-10-12-23(13-11-22)28(32)33/h6-15,17H,4-5,16,18-19H2,1-3H3,(H,32,33). The zero-order valence-corrected chi connectivity index (χ0v) is 20.7. The van der Waals surface area contributed by atoms with Crippen LogP contribution < -0.4 is 4.74 Å². The van der Waals surface area contributed by atoms with Gasteiger partial charge in [-0.3, -0.25) is 4.79 Å². The van der Waals surface area contributed by atoms with Gasteiger partial charge in [-0.2, -0.15) is 0 Å². The lowest BCUT2D eigenvalue weighted by Crippen LogP contribution is -2.20. The zero-order chi connectivity index (χ0) is 24.7. The number of halogens is 1. The number of ether oxygens (including phenoxy) is 1. The summed E-state index contributed by atoms with van der Waals surface area (Å²) in [5.74, 6) is -0.317. The number of hydrogen-bond donors (Lipinski definition) is 1. The Kier molecular flexibility index (Phi) is 8.51. The average Bonchev–Trinajstić information content (AvgIpc) is 2.80. The molecule has 0 saturated carbocycles. The molecule has 0 heterocycles. The first-order valence-electron chi connectivity index (χ1n) is 11.6. The monoisotopic (exact) mass is 478 g/mol. The lowest BCUT2D eigenvalue weighted by Gasteiger charge is -2.24. The molecule has 4 nitrogen and oxygen atoms in total. The smallest absolute Gasteiger partial charge is 0.335 e. The quantitative estimate of drug-likeness (QED) is 0.226. The minimum absolute atomic E-state index is 0.0224. The van der Waals surface area contributed by atoms with Gasteiger partial charge in [0.15, 0.2) is 5.78 Å². The second-order valence-electron chi connectivity index (χ2n) is 9.36. The highest BCUT2D eigenvalue weighted by atomic mass is 35.5. The predicted molar refractivity (Wildman–Crippen MR) is 137 cm³/mol. The summed E-state index contributed by atoms with van der Waals surface area (Å²) in [7, 11) is 0. The molecule has 0 amide bonds. The number of carboxylic acids is 1. The maximum Gasteiger partial charge on any atom is 0.335 e. The number of unbranched alkanes of at least 4 members (excludes halogenated alkanes) is 1. The number of benzene rings is 3. The van der Waals surface area contributed by atoms with Gasteiger partial charge >= 0.3 is 5.97 Å². The van der Waals surface area contributed by atoms with Gasteiger partial charge in [-0.25, -0.2) is 4.79 Å². The molecular formula is C29H31ClO4. The third-order valence-corrected chi connectivity index (χ3v) is 5.97. The van der Waals surface area contributed by atoms with Crippen LogP contribution in [0.3, 0.4) is 0 Å². The first kappa shape index (κ1) is 25.5. The van der Waals surface area contributed by atoms with Gasteiger partial charge in [0.25, 0.3) is 0 Å². The Balaban J connectivity index is 1.68. The van der Waals surface area contributed by atoms with E-state index in [0.717, 1.165) is 36.0 Å². The van der Waals surface area contributed by atoms with Gasteiger partial charge in [0.05, 0.1) is 17.7 Å². The molecule has 0 aliphatic carbocycles. The van der Waals surface area contributed by atoms with Crippen molar-refractivity contribution in [1.82, 2.24) is 0 Å². The van der Waals surface area contributed by atoms with Crippen LogP contribution in [-0.4, -0.2) is 23.5 Å². The second-order valence-corrected chi connectivity index (χ2v) is 9.80. The van der Waals surface area contributed by atoms with Gasteiger partial charge in [-0.15, -0.1) is 0 Å². The average molecular weight is 479 g/mol. The van der Waals surface area contributed by atoms with E-state index >= 15 is 0 Å². The van der Waals surface area contributed by atoms with Gasteiger partial charge < -0.3 is 9.84 Å². The molecule has 0 atom stereocenters. The summed E-state index contributed by atoms with van der Waals surface area (Å²) in [6.07, 6.45) is 3.07. The first-order valence-corrected chi connectivity index (χ1v) is 11.9. The normalized spacial score (nSPS) is 11.3. The molecule has 1 N–H and O–H groups in total. The fourth-order valence-electron chi connectivity index (χ4n) is 3.94. The van der Waals surface area contributed by atoms with Crippen LogP contribution in [0.1, 0.15) is 66.3 Å². The fourth-order valence-corrected chi connectivity index (χ4v) is 4.11. The molecule has 178 valence electrons. The maximum absolute atomic E-state index is 13.2. The highest BCUT2D eigenvalue weighted by molar-refractivity contribution is 6.31. The van der Waals surface area contributed by atoms with Crippen LogP contribution in [0.2, 0.25) is 5.02 Å². The summed E-state index contributed by atoms with van der Waals surface area (Å²) in [6.45, 7) is 6.85. The van der Waals surface area contributed by atoms with Crippen LogP contribution in [0.15, 0.2) is 66.7 Å². The van der Waals surface area contributed by atoms with Crippen molar-refractivity contribution in [1.29, 1.82) is 0 Å². The summed E-state index contributed by atoms with van der Waals surface area (Å²) in [5.41, 5.74) is 3.66. The van der Waals surface area contributed by atoms with E-state index in [1.807, 2.05) is 24.3 Å². The van der Waals surface area contributed by atoms with Gasteiger partial charge in [0.2, 0.25) is 0 Å². The molecule has 0 aromatic heterocycles. The van der Waals surface area contributed by atoms with E-state index in [9.17, 15) is 9.59 Å².